The minimum Gasteiger partial charge on any atom is -0.478 e. The minimum atomic E-state index is -0.852. The van der Waals surface area contributed by atoms with Crippen LogP contribution >= 0.6 is 0 Å². The highest BCUT2D eigenvalue weighted by Crippen LogP contribution is 2.23. The van der Waals surface area contributed by atoms with Crippen LogP contribution in [0.2, 0.25) is 0 Å². The Morgan fingerprint density at radius 2 is 1.30 bits per heavy atom. The summed E-state index contributed by atoms with van der Waals surface area (Å²) in [5.74, 6) is -0.852. The zero-order chi connectivity index (χ0) is 23.7. The Morgan fingerprint density at radius 1 is 0.727 bits per heavy atom. The standard InChI is InChI=1S/C29H44N2O2/c1-3-5-7-9-11-12-14-16-18-26-22-31-28(23-30-26)25-19-20-27(29(32)33)24(21-25)17-15-13-10-8-6-4-2/h19-23H,3-18H2,1-2H3,(H,32,33). The summed E-state index contributed by atoms with van der Waals surface area (Å²) in [6.07, 6.45) is 23.2. The lowest BCUT2D eigenvalue weighted by Crippen LogP contribution is -2.03. The van der Waals surface area contributed by atoms with E-state index in [1.54, 1.807) is 6.07 Å². The molecule has 0 bridgehead atoms. The van der Waals surface area contributed by atoms with Gasteiger partial charge in [-0.25, -0.2) is 4.79 Å². The molecule has 182 valence electrons. The van der Waals surface area contributed by atoms with E-state index in [9.17, 15) is 9.90 Å². The number of carboxylic acids is 1. The third kappa shape index (κ3) is 10.5. The Labute approximate surface area is 201 Å². The fraction of sp³-hybridized carbons (Fsp3) is 0.621. The van der Waals surface area contributed by atoms with Crippen molar-refractivity contribution in [3.63, 3.8) is 0 Å². The number of aromatic nitrogens is 2. The molecule has 0 aliphatic rings. The lowest BCUT2D eigenvalue weighted by molar-refractivity contribution is 0.0695. The van der Waals surface area contributed by atoms with E-state index in [4.69, 9.17) is 0 Å². The van der Waals surface area contributed by atoms with Crippen molar-refractivity contribution >= 4 is 5.97 Å². The molecule has 2 rings (SSSR count). The van der Waals surface area contributed by atoms with E-state index in [1.165, 1.54) is 70.6 Å². The first kappa shape index (κ1) is 27.0. The van der Waals surface area contributed by atoms with Gasteiger partial charge >= 0.3 is 5.97 Å². The van der Waals surface area contributed by atoms with E-state index in [1.807, 2.05) is 24.5 Å². The molecule has 4 nitrogen and oxygen atoms in total. The number of nitrogens with zero attached hydrogens (tertiary/aromatic N) is 2. The van der Waals surface area contributed by atoms with Crippen LogP contribution in [0.15, 0.2) is 30.6 Å². The normalized spacial score (nSPS) is 11.1. The van der Waals surface area contributed by atoms with Crippen LogP contribution in [0.1, 0.15) is 125 Å². The van der Waals surface area contributed by atoms with Crippen molar-refractivity contribution in [3.05, 3.63) is 47.4 Å². The van der Waals surface area contributed by atoms with Crippen LogP contribution in [0, 0.1) is 0 Å². The van der Waals surface area contributed by atoms with Crippen LogP contribution in [-0.2, 0) is 12.8 Å². The van der Waals surface area contributed by atoms with Gasteiger partial charge in [0.15, 0.2) is 0 Å². The van der Waals surface area contributed by atoms with Crippen molar-refractivity contribution in [2.24, 2.45) is 0 Å². The summed E-state index contributed by atoms with van der Waals surface area (Å²) in [6, 6.07) is 5.58. The summed E-state index contributed by atoms with van der Waals surface area (Å²) in [6.45, 7) is 4.48. The molecule has 0 saturated carbocycles. The average Bonchev–Trinajstić information content (AvgIpc) is 2.83. The molecule has 0 saturated heterocycles. The number of benzene rings is 1. The fourth-order valence-corrected chi connectivity index (χ4v) is 4.34. The topological polar surface area (TPSA) is 63.1 Å². The summed E-state index contributed by atoms with van der Waals surface area (Å²) >= 11 is 0. The third-order valence-electron chi connectivity index (χ3n) is 6.42. The zero-order valence-corrected chi connectivity index (χ0v) is 21.0. The number of carboxylic acid groups (broad SMARTS) is 1. The van der Waals surface area contributed by atoms with Gasteiger partial charge in [-0.1, -0.05) is 97.0 Å². The van der Waals surface area contributed by atoms with E-state index < -0.39 is 5.97 Å². The van der Waals surface area contributed by atoms with Gasteiger partial charge in [-0.15, -0.1) is 0 Å². The van der Waals surface area contributed by atoms with Gasteiger partial charge in [0, 0.05) is 11.8 Å². The van der Waals surface area contributed by atoms with Crippen molar-refractivity contribution in [2.45, 2.75) is 117 Å². The molecule has 1 N–H and O–H groups in total. The summed E-state index contributed by atoms with van der Waals surface area (Å²) in [7, 11) is 0. The number of aromatic carboxylic acids is 1. The van der Waals surface area contributed by atoms with E-state index in [0.29, 0.717) is 5.56 Å². The number of carbonyl (C=O) groups is 1. The molecule has 2 aromatic rings. The van der Waals surface area contributed by atoms with Crippen molar-refractivity contribution < 1.29 is 9.90 Å². The highest BCUT2D eigenvalue weighted by molar-refractivity contribution is 5.90. The van der Waals surface area contributed by atoms with Gasteiger partial charge in [-0.05, 0) is 43.4 Å². The maximum absolute atomic E-state index is 11.7. The predicted molar refractivity (Wildman–Crippen MR) is 138 cm³/mol. The molecule has 0 radical (unpaired) electrons. The first-order chi connectivity index (χ1) is 16.2. The van der Waals surface area contributed by atoms with Crippen molar-refractivity contribution in [3.8, 4) is 11.3 Å². The van der Waals surface area contributed by atoms with Crippen molar-refractivity contribution in [1.82, 2.24) is 9.97 Å². The van der Waals surface area contributed by atoms with Gasteiger partial charge in [0.25, 0.3) is 0 Å². The first-order valence-corrected chi connectivity index (χ1v) is 13.3. The second-order valence-corrected chi connectivity index (χ2v) is 9.31. The predicted octanol–water partition coefficient (Wildman–Crippen LogP) is 8.43. The van der Waals surface area contributed by atoms with Crippen molar-refractivity contribution in [2.75, 3.05) is 0 Å². The first-order valence-electron chi connectivity index (χ1n) is 13.3. The Bertz CT molecular complexity index is 802. The molecule has 1 aromatic carbocycles. The Hall–Kier alpha value is -2.23. The monoisotopic (exact) mass is 452 g/mol. The molecule has 0 amide bonds. The van der Waals surface area contributed by atoms with E-state index in [2.05, 4.69) is 23.8 Å². The molecule has 1 aromatic heterocycles. The van der Waals surface area contributed by atoms with Crippen LogP contribution in [0.25, 0.3) is 11.3 Å². The Morgan fingerprint density at radius 3 is 1.85 bits per heavy atom. The van der Waals surface area contributed by atoms with Gasteiger partial charge < -0.3 is 5.11 Å². The Balaban J connectivity index is 1.86. The lowest BCUT2D eigenvalue weighted by atomic mass is 9.97. The van der Waals surface area contributed by atoms with E-state index in [-0.39, 0.29) is 0 Å². The lowest BCUT2D eigenvalue weighted by Gasteiger charge is -2.10. The van der Waals surface area contributed by atoms with Gasteiger partial charge in [-0.2, -0.15) is 0 Å². The van der Waals surface area contributed by atoms with Gasteiger partial charge in [-0.3, -0.25) is 9.97 Å². The molecule has 4 heteroatoms. The molecule has 1 heterocycles. The summed E-state index contributed by atoms with van der Waals surface area (Å²) in [4.78, 5) is 20.9. The number of unbranched alkanes of at least 4 members (excludes halogenated alkanes) is 12. The van der Waals surface area contributed by atoms with Crippen LogP contribution in [0.5, 0.6) is 0 Å². The highest BCUT2D eigenvalue weighted by atomic mass is 16.4. The minimum absolute atomic E-state index is 0.409. The number of rotatable bonds is 18. The van der Waals surface area contributed by atoms with Crippen LogP contribution in [0.3, 0.4) is 0 Å². The number of aryl methyl sites for hydroxylation is 2. The zero-order valence-electron chi connectivity index (χ0n) is 21.0. The molecule has 33 heavy (non-hydrogen) atoms. The number of hydrogen-bond acceptors (Lipinski definition) is 3. The van der Waals surface area contributed by atoms with Crippen molar-refractivity contribution in [1.29, 1.82) is 0 Å². The third-order valence-corrected chi connectivity index (χ3v) is 6.42. The fourth-order valence-electron chi connectivity index (χ4n) is 4.34. The molecule has 0 aliphatic heterocycles. The molecular formula is C29H44N2O2. The second-order valence-electron chi connectivity index (χ2n) is 9.31. The van der Waals surface area contributed by atoms with E-state index in [0.717, 1.165) is 54.6 Å². The average molecular weight is 453 g/mol. The van der Waals surface area contributed by atoms with Gasteiger partial charge in [0.1, 0.15) is 0 Å². The van der Waals surface area contributed by atoms with Crippen LogP contribution < -0.4 is 0 Å². The number of hydrogen-bond donors (Lipinski definition) is 1. The SMILES string of the molecule is CCCCCCCCCCc1cnc(-c2ccc(C(=O)O)c(CCCCCCCC)c2)cn1. The molecule has 0 atom stereocenters. The summed E-state index contributed by atoms with van der Waals surface area (Å²) in [5, 5.41) is 9.58. The molecule has 0 aliphatic carbocycles. The van der Waals surface area contributed by atoms with E-state index >= 15 is 0 Å². The quantitative estimate of drug-likeness (QED) is 0.230. The Kier molecular flexibility index (Phi) is 13.4. The molecule has 0 unspecified atom stereocenters. The highest BCUT2D eigenvalue weighted by Gasteiger charge is 2.12. The van der Waals surface area contributed by atoms with Crippen LogP contribution in [0.4, 0.5) is 0 Å². The summed E-state index contributed by atoms with van der Waals surface area (Å²) in [5.41, 5.74) is 4.12. The van der Waals surface area contributed by atoms with Gasteiger partial charge in [0.05, 0.1) is 23.1 Å². The van der Waals surface area contributed by atoms with Gasteiger partial charge in [0.2, 0.25) is 0 Å². The summed E-state index contributed by atoms with van der Waals surface area (Å²) < 4.78 is 0. The van der Waals surface area contributed by atoms with Crippen LogP contribution in [-0.4, -0.2) is 21.0 Å². The maximum atomic E-state index is 11.7. The molecule has 0 spiro atoms. The second kappa shape index (κ2) is 16.4. The maximum Gasteiger partial charge on any atom is 0.335 e. The molecular weight excluding hydrogens is 408 g/mol. The molecule has 0 fully saturated rings. The smallest absolute Gasteiger partial charge is 0.335 e. The largest absolute Gasteiger partial charge is 0.478 e.